The highest BCUT2D eigenvalue weighted by molar-refractivity contribution is 9.10. The molecule has 0 saturated carbocycles. The van der Waals surface area contributed by atoms with Gasteiger partial charge in [0, 0.05) is 10.7 Å². The van der Waals surface area contributed by atoms with Crippen LogP contribution in [0.5, 0.6) is 0 Å². The molecule has 112 valence electrons. The SMILES string of the molecule is NNC(Cc1cccc(Br)c1)c1ccc(C(F)(F)F)cn1. The lowest BCUT2D eigenvalue weighted by atomic mass is 10.0. The van der Waals surface area contributed by atoms with E-state index in [2.05, 4.69) is 26.3 Å². The highest BCUT2D eigenvalue weighted by atomic mass is 79.9. The van der Waals surface area contributed by atoms with Crippen molar-refractivity contribution in [3.05, 3.63) is 63.9 Å². The van der Waals surface area contributed by atoms with Gasteiger partial charge in [-0.2, -0.15) is 13.2 Å². The summed E-state index contributed by atoms with van der Waals surface area (Å²) in [6.07, 6.45) is -3.05. The molecule has 7 heteroatoms. The molecule has 1 unspecified atom stereocenters. The summed E-state index contributed by atoms with van der Waals surface area (Å²) in [6, 6.07) is 9.60. The zero-order valence-electron chi connectivity index (χ0n) is 10.9. The van der Waals surface area contributed by atoms with Crippen molar-refractivity contribution in [1.29, 1.82) is 0 Å². The second kappa shape index (κ2) is 6.55. The summed E-state index contributed by atoms with van der Waals surface area (Å²) >= 11 is 3.37. The summed E-state index contributed by atoms with van der Waals surface area (Å²) in [7, 11) is 0. The van der Waals surface area contributed by atoms with Crippen LogP contribution in [0.15, 0.2) is 47.1 Å². The molecule has 3 N–H and O–H groups in total. The van der Waals surface area contributed by atoms with Crippen molar-refractivity contribution in [2.24, 2.45) is 5.84 Å². The number of nitrogens with two attached hydrogens (primary N) is 1. The number of halogens is 4. The number of benzene rings is 1. The molecule has 0 aliphatic heterocycles. The zero-order chi connectivity index (χ0) is 15.5. The van der Waals surface area contributed by atoms with Gasteiger partial charge in [0.1, 0.15) is 0 Å². The van der Waals surface area contributed by atoms with E-state index in [9.17, 15) is 13.2 Å². The van der Waals surface area contributed by atoms with Gasteiger partial charge in [-0.1, -0.05) is 28.1 Å². The first-order chi connectivity index (χ1) is 9.90. The highest BCUT2D eigenvalue weighted by Crippen LogP contribution is 2.29. The number of pyridine rings is 1. The molecule has 21 heavy (non-hydrogen) atoms. The minimum atomic E-state index is -4.39. The fourth-order valence-corrected chi connectivity index (χ4v) is 2.37. The lowest BCUT2D eigenvalue weighted by Crippen LogP contribution is -2.30. The molecule has 2 aromatic rings. The van der Waals surface area contributed by atoms with Crippen LogP contribution in [0.1, 0.15) is 22.9 Å². The Labute approximate surface area is 128 Å². The lowest BCUT2D eigenvalue weighted by molar-refractivity contribution is -0.137. The summed E-state index contributed by atoms with van der Waals surface area (Å²) in [5.41, 5.74) is 3.27. The Bertz CT molecular complexity index is 599. The van der Waals surface area contributed by atoms with Crippen LogP contribution in [-0.2, 0) is 12.6 Å². The predicted octanol–water partition coefficient (Wildman–Crippen LogP) is 3.61. The van der Waals surface area contributed by atoms with Crippen LogP contribution in [0.25, 0.3) is 0 Å². The molecule has 0 bridgehead atoms. The Hall–Kier alpha value is -1.44. The molecule has 0 aliphatic rings. The van der Waals surface area contributed by atoms with Crippen molar-refractivity contribution < 1.29 is 13.2 Å². The number of rotatable bonds is 4. The normalized spacial score (nSPS) is 13.2. The van der Waals surface area contributed by atoms with Crippen LogP contribution in [0, 0.1) is 0 Å². The van der Waals surface area contributed by atoms with Gasteiger partial charge >= 0.3 is 6.18 Å². The van der Waals surface area contributed by atoms with Gasteiger partial charge < -0.3 is 0 Å². The van der Waals surface area contributed by atoms with Gasteiger partial charge in [0.15, 0.2) is 0 Å². The van der Waals surface area contributed by atoms with E-state index in [0.717, 1.165) is 22.3 Å². The summed E-state index contributed by atoms with van der Waals surface area (Å²) in [5.74, 6) is 5.49. The molecular formula is C14H13BrF3N3. The number of hydrogen-bond acceptors (Lipinski definition) is 3. The quantitative estimate of drug-likeness (QED) is 0.647. The molecule has 1 atom stereocenters. The first-order valence-electron chi connectivity index (χ1n) is 6.14. The number of nitrogens with zero attached hydrogens (tertiary/aromatic N) is 1. The monoisotopic (exact) mass is 359 g/mol. The molecule has 0 spiro atoms. The Morgan fingerprint density at radius 1 is 1.24 bits per heavy atom. The van der Waals surface area contributed by atoms with Gasteiger partial charge in [-0.3, -0.25) is 16.3 Å². The van der Waals surface area contributed by atoms with Crippen LogP contribution in [0.3, 0.4) is 0 Å². The van der Waals surface area contributed by atoms with Gasteiger partial charge in [-0.25, -0.2) is 0 Å². The zero-order valence-corrected chi connectivity index (χ0v) is 12.4. The predicted molar refractivity (Wildman–Crippen MR) is 77.1 cm³/mol. The maximum atomic E-state index is 12.5. The second-order valence-electron chi connectivity index (χ2n) is 4.52. The Morgan fingerprint density at radius 3 is 2.52 bits per heavy atom. The van der Waals surface area contributed by atoms with Gasteiger partial charge in [0.25, 0.3) is 0 Å². The van der Waals surface area contributed by atoms with E-state index in [1.807, 2.05) is 24.3 Å². The number of hydrogen-bond donors (Lipinski definition) is 2. The van der Waals surface area contributed by atoms with Crippen LogP contribution in [0.2, 0.25) is 0 Å². The third kappa shape index (κ3) is 4.26. The Morgan fingerprint density at radius 2 is 2.00 bits per heavy atom. The van der Waals surface area contributed by atoms with E-state index in [1.54, 1.807) is 0 Å². The second-order valence-corrected chi connectivity index (χ2v) is 5.44. The third-order valence-corrected chi connectivity index (χ3v) is 3.49. The van der Waals surface area contributed by atoms with E-state index in [1.165, 1.54) is 6.07 Å². The van der Waals surface area contributed by atoms with Crippen molar-refractivity contribution in [3.63, 3.8) is 0 Å². The lowest BCUT2D eigenvalue weighted by Gasteiger charge is -2.16. The van der Waals surface area contributed by atoms with Crippen molar-refractivity contribution in [2.75, 3.05) is 0 Å². The maximum Gasteiger partial charge on any atom is 0.417 e. The van der Waals surface area contributed by atoms with E-state index in [-0.39, 0.29) is 6.04 Å². The van der Waals surface area contributed by atoms with Gasteiger partial charge in [0.2, 0.25) is 0 Å². The standard InChI is InChI=1S/C14H13BrF3N3/c15-11-3-1-2-9(6-11)7-13(21-19)12-5-4-10(8-20-12)14(16,17)18/h1-6,8,13,21H,7,19H2. The van der Waals surface area contributed by atoms with Crippen molar-refractivity contribution >= 4 is 15.9 Å². The first-order valence-corrected chi connectivity index (χ1v) is 6.93. The first kappa shape index (κ1) is 15.9. The molecule has 1 aromatic carbocycles. The average molecular weight is 360 g/mol. The summed E-state index contributed by atoms with van der Waals surface area (Å²) in [6.45, 7) is 0. The summed E-state index contributed by atoms with van der Waals surface area (Å²) in [5, 5.41) is 0. The van der Waals surface area contributed by atoms with Gasteiger partial charge in [-0.05, 0) is 36.2 Å². The summed E-state index contributed by atoms with van der Waals surface area (Å²) < 4.78 is 38.5. The topological polar surface area (TPSA) is 50.9 Å². The largest absolute Gasteiger partial charge is 0.417 e. The minimum Gasteiger partial charge on any atom is -0.271 e. The Kier molecular flexibility index (Phi) is 4.97. The fourth-order valence-electron chi connectivity index (χ4n) is 1.93. The van der Waals surface area contributed by atoms with Crippen molar-refractivity contribution in [1.82, 2.24) is 10.4 Å². The van der Waals surface area contributed by atoms with E-state index < -0.39 is 11.7 Å². The molecule has 1 heterocycles. The van der Waals surface area contributed by atoms with E-state index >= 15 is 0 Å². The molecule has 0 saturated heterocycles. The average Bonchev–Trinajstić information content (AvgIpc) is 2.44. The van der Waals surface area contributed by atoms with Crippen molar-refractivity contribution in [3.8, 4) is 0 Å². The minimum absolute atomic E-state index is 0.360. The fraction of sp³-hybridized carbons (Fsp3) is 0.214. The van der Waals surface area contributed by atoms with Crippen LogP contribution in [0.4, 0.5) is 13.2 Å². The van der Waals surface area contributed by atoms with Crippen LogP contribution >= 0.6 is 15.9 Å². The number of aromatic nitrogens is 1. The summed E-state index contributed by atoms with van der Waals surface area (Å²) in [4.78, 5) is 3.86. The van der Waals surface area contributed by atoms with Gasteiger partial charge in [-0.15, -0.1) is 0 Å². The smallest absolute Gasteiger partial charge is 0.271 e. The molecule has 2 rings (SSSR count). The number of alkyl halides is 3. The maximum absolute atomic E-state index is 12.5. The number of nitrogens with one attached hydrogen (secondary N) is 1. The molecule has 0 amide bonds. The van der Waals surface area contributed by atoms with Crippen LogP contribution < -0.4 is 11.3 Å². The van der Waals surface area contributed by atoms with Gasteiger partial charge in [0.05, 0.1) is 17.3 Å². The van der Waals surface area contributed by atoms with Crippen molar-refractivity contribution in [2.45, 2.75) is 18.6 Å². The third-order valence-electron chi connectivity index (χ3n) is 3.00. The molecule has 0 fully saturated rings. The molecular weight excluding hydrogens is 347 g/mol. The Balaban J connectivity index is 2.18. The molecule has 0 radical (unpaired) electrons. The molecule has 0 aliphatic carbocycles. The van der Waals surface area contributed by atoms with Crippen LogP contribution in [-0.4, -0.2) is 4.98 Å². The van der Waals surface area contributed by atoms with E-state index in [0.29, 0.717) is 12.1 Å². The molecule has 1 aromatic heterocycles. The van der Waals surface area contributed by atoms with E-state index in [4.69, 9.17) is 5.84 Å². The highest BCUT2D eigenvalue weighted by Gasteiger charge is 2.30. The number of hydrazine groups is 1. The molecule has 3 nitrogen and oxygen atoms in total.